The molecule has 0 spiro atoms. The largest absolute Gasteiger partial charge is 0.396 e. The van der Waals surface area contributed by atoms with Crippen LogP contribution >= 0.6 is 0 Å². The van der Waals surface area contributed by atoms with Gasteiger partial charge in [0.05, 0.1) is 11.6 Å². The number of aliphatic hydroxyl groups excluding tert-OH is 1. The molecule has 1 heterocycles. The second-order valence-corrected chi connectivity index (χ2v) is 4.79. The molecule has 0 aliphatic rings. The number of nitrogens with one attached hydrogen (secondary N) is 1. The Hall–Kier alpha value is -2.21. The molecule has 6 heteroatoms. The van der Waals surface area contributed by atoms with Gasteiger partial charge in [0, 0.05) is 18.5 Å². The summed E-state index contributed by atoms with van der Waals surface area (Å²) in [6.07, 6.45) is 1.57. The number of aromatic nitrogens is 2. The zero-order valence-corrected chi connectivity index (χ0v) is 11.2. The summed E-state index contributed by atoms with van der Waals surface area (Å²) in [7, 11) is 0. The summed E-state index contributed by atoms with van der Waals surface area (Å²) in [4.78, 5) is 23.9. The van der Waals surface area contributed by atoms with E-state index in [4.69, 9.17) is 5.11 Å². The summed E-state index contributed by atoms with van der Waals surface area (Å²) in [6.45, 7) is 2.08. The maximum absolute atomic E-state index is 12.1. The van der Waals surface area contributed by atoms with Crippen LogP contribution in [-0.2, 0) is 11.3 Å². The topological polar surface area (TPSA) is 84.2 Å². The Kier molecular flexibility index (Phi) is 4.47. The summed E-state index contributed by atoms with van der Waals surface area (Å²) >= 11 is 0. The number of hydrogen-bond donors (Lipinski definition) is 2. The fraction of sp³-hybridized carbons (Fsp3) is 0.357. The molecular weight excluding hydrogens is 258 g/mol. The molecule has 0 aliphatic heterocycles. The summed E-state index contributed by atoms with van der Waals surface area (Å²) in [5.74, 6) is -0.310. The van der Waals surface area contributed by atoms with Crippen molar-refractivity contribution >= 4 is 16.7 Å². The molecule has 1 aromatic carbocycles. The van der Waals surface area contributed by atoms with Crippen molar-refractivity contribution in [2.45, 2.75) is 13.5 Å². The van der Waals surface area contributed by atoms with Gasteiger partial charge in [-0.1, -0.05) is 25.1 Å². The number of carbonyl (C=O) groups is 1. The van der Waals surface area contributed by atoms with E-state index in [0.717, 1.165) is 10.1 Å². The van der Waals surface area contributed by atoms with E-state index in [1.165, 1.54) is 0 Å². The molecule has 0 saturated heterocycles. The SMILES string of the molecule is CC(CO)CNC(=O)Cn1ncc2ccccc2c1=O. The van der Waals surface area contributed by atoms with Crippen molar-refractivity contribution in [2.75, 3.05) is 13.2 Å². The highest BCUT2D eigenvalue weighted by Gasteiger charge is 2.09. The summed E-state index contributed by atoms with van der Waals surface area (Å²) in [6, 6.07) is 7.12. The van der Waals surface area contributed by atoms with Crippen molar-refractivity contribution in [2.24, 2.45) is 5.92 Å². The first-order valence-electron chi connectivity index (χ1n) is 6.44. The van der Waals surface area contributed by atoms with Crippen LogP contribution in [0, 0.1) is 5.92 Å². The third kappa shape index (κ3) is 3.21. The van der Waals surface area contributed by atoms with Crippen molar-refractivity contribution in [3.8, 4) is 0 Å². The average Bonchev–Trinajstić information content (AvgIpc) is 2.48. The molecule has 6 nitrogen and oxygen atoms in total. The van der Waals surface area contributed by atoms with Crippen LogP contribution in [0.2, 0.25) is 0 Å². The molecule has 2 N–H and O–H groups in total. The Morgan fingerprint density at radius 3 is 2.95 bits per heavy atom. The summed E-state index contributed by atoms with van der Waals surface area (Å²) < 4.78 is 1.14. The number of amides is 1. The van der Waals surface area contributed by atoms with Crippen molar-refractivity contribution in [3.63, 3.8) is 0 Å². The highest BCUT2D eigenvalue weighted by Crippen LogP contribution is 2.06. The minimum absolute atomic E-state index is 0.00839. The number of hydrogen-bond acceptors (Lipinski definition) is 4. The molecule has 1 unspecified atom stereocenters. The lowest BCUT2D eigenvalue weighted by Crippen LogP contribution is -2.36. The standard InChI is InChI=1S/C14H17N3O3/c1-10(9-18)6-15-13(19)8-17-14(20)12-5-3-2-4-11(12)7-16-17/h2-5,7,10,18H,6,8-9H2,1H3,(H,15,19). The van der Waals surface area contributed by atoms with Crippen LogP contribution in [0.15, 0.2) is 35.3 Å². The van der Waals surface area contributed by atoms with E-state index in [0.29, 0.717) is 11.9 Å². The molecule has 0 fully saturated rings. The molecule has 106 valence electrons. The highest BCUT2D eigenvalue weighted by atomic mass is 16.3. The number of nitrogens with zero attached hydrogens (tertiary/aromatic N) is 2. The van der Waals surface area contributed by atoms with E-state index >= 15 is 0 Å². The van der Waals surface area contributed by atoms with E-state index in [9.17, 15) is 9.59 Å². The summed E-state index contributed by atoms with van der Waals surface area (Å²) in [5.41, 5.74) is -0.284. The molecule has 0 saturated carbocycles. The smallest absolute Gasteiger partial charge is 0.275 e. The maximum atomic E-state index is 12.1. The number of aliphatic hydroxyl groups is 1. The van der Waals surface area contributed by atoms with E-state index in [-0.39, 0.29) is 30.5 Å². The van der Waals surface area contributed by atoms with Crippen LogP contribution in [0.1, 0.15) is 6.92 Å². The first-order valence-corrected chi connectivity index (χ1v) is 6.44. The van der Waals surface area contributed by atoms with Crippen LogP contribution in [0.3, 0.4) is 0 Å². The minimum Gasteiger partial charge on any atom is -0.396 e. The van der Waals surface area contributed by atoms with Gasteiger partial charge in [-0.15, -0.1) is 0 Å². The number of benzene rings is 1. The van der Waals surface area contributed by atoms with Gasteiger partial charge in [-0.3, -0.25) is 9.59 Å². The van der Waals surface area contributed by atoms with Crippen LogP contribution in [0.25, 0.3) is 10.8 Å². The molecule has 2 rings (SSSR count). The molecule has 20 heavy (non-hydrogen) atoms. The predicted octanol–water partition coefficient (Wildman–Crippen LogP) is 0.141. The van der Waals surface area contributed by atoms with Gasteiger partial charge in [0.1, 0.15) is 6.54 Å². The van der Waals surface area contributed by atoms with Crippen LogP contribution in [0.5, 0.6) is 0 Å². The van der Waals surface area contributed by atoms with Crippen molar-refractivity contribution in [1.82, 2.24) is 15.1 Å². The summed E-state index contributed by atoms with van der Waals surface area (Å²) in [5, 5.41) is 16.8. The second kappa shape index (κ2) is 6.29. The van der Waals surface area contributed by atoms with Gasteiger partial charge in [0.2, 0.25) is 5.91 Å². The van der Waals surface area contributed by atoms with E-state index in [1.54, 1.807) is 24.4 Å². The highest BCUT2D eigenvalue weighted by molar-refractivity contribution is 5.81. The number of carbonyl (C=O) groups excluding carboxylic acids is 1. The Morgan fingerprint density at radius 1 is 1.45 bits per heavy atom. The molecule has 0 bridgehead atoms. The Balaban J connectivity index is 2.12. The van der Waals surface area contributed by atoms with E-state index < -0.39 is 0 Å². The van der Waals surface area contributed by atoms with Crippen LogP contribution < -0.4 is 10.9 Å². The van der Waals surface area contributed by atoms with Gasteiger partial charge in [0.15, 0.2) is 0 Å². The van der Waals surface area contributed by atoms with Gasteiger partial charge in [0.25, 0.3) is 5.56 Å². The average molecular weight is 275 g/mol. The predicted molar refractivity (Wildman–Crippen MR) is 75.3 cm³/mol. The first kappa shape index (κ1) is 14.2. The molecule has 1 aromatic heterocycles. The van der Waals surface area contributed by atoms with Crippen molar-refractivity contribution < 1.29 is 9.90 Å². The lowest BCUT2D eigenvalue weighted by Gasteiger charge is -2.10. The van der Waals surface area contributed by atoms with Crippen LogP contribution in [-0.4, -0.2) is 33.9 Å². The van der Waals surface area contributed by atoms with Gasteiger partial charge in [-0.25, -0.2) is 4.68 Å². The number of fused-ring (bicyclic) bond motifs is 1. The number of rotatable bonds is 5. The second-order valence-electron chi connectivity index (χ2n) is 4.79. The van der Waals surface area contributed by atoms with Crippen LogP contribution in [0.4, 0.5) is 0 Å². The van der Waals surface area contributed by atoms with Gasteiger partial charge in [-0.05, 0) is 12.0 Å². The molecule has 1 atom stereocenters. The first-order chi connectivity index (χ1) is 9.61. The van der Waals surface area contributed by atoms with E-state index in [1.807, 2.05) is 13.0 Å². The molecule has 0 aliphatic carbocycles. The van der Waals surface area contributed by atoms with Gasteiger partial charge >= 0.3 is 0 Å². The Bertz CT molecular complexity index is 666. The third-order valence-corrected chi connectivity index (χ3v) is 3.01. The maximum Gasteiger partial charge on any atom is 0.275 e. The fourth-order valence-electron chi connectivity index (χ4n) is 1.78. The monoisotopic (exact) mass is 275 g/mol. The molecular formula is C14H17N3O3. The molecule has 0 radical (unpaired) electrons. The van der Waals surface area contributed by atoms with Crippen molar-refractivity contribution in [3.05, 3.63) is 40.8 Å². The lowest BCUT2D eigenvalue weighted by atomic mass is 10.2. The minimum atomic E-state index is -0.296. The Labute approximate surface area is 116 Å². The lowest BCUT2D eigenvalue weighted by molar-refractivity contribution is -0.122. The van der Waals surface area contributed by atoms with E-state index in [2.05, 4.69) is 10.4 Å². The molecule has 2 aromatic rings. The van der Waals surface area contributed by atoms with Crippen molar-refractivity contribution in [1.29, 1.82) is 0 Å². The Morgan fingerprint density at radius 2 is 2.20 bits per heavy atom. The fourth-order valence-corrected chi connectivity index (χ4v) is 1.78. The van der Waals surface area contributed by atoms with Gasteiger partial charge in [-0.2, -0.15) is 5.10 Å². The quantitative estimate of drug-likeness (QED) is 0.813. The zero-order chi connectivity index (χ0) is 14.5. The third-order valence-electron chi connectivity index (χ3n) is 3.01. The molecule has 1 amide bonds. The normalized spacial score (nSPS) is 12.3. The van der Waals surface area contributed by atoms with Gasteiger partial charge < -0.3 is 10.4 Å². The zero-order valence-electron chi connectivity index (χ0n) is 11.2.